The summed E-state index contributed by atoms with van der Waals surface area (Å²) in [4.78, 5) is 70.2. The number of likely N-dealkylation sites (N-methyl/N-ethyl adjacent to an activating group) is 1. The Labute approximate surface area is 306 Å². The molecule has 1 aromatic carbocycles. The summed E-state index contributed by atoms with van der Waals surface area (Å²) in [6.07, 6.45) is -0.0658. The summed E-state index contributed by atoms with van der Waals surface area (Å²) >= 11 is 6.81. The quantitative estimate of drug-likeness (QED) is 0.227. The summed E-state index contributed by atoms with van der Waals surface area (Å²) in [5, 5.41) is 25.4. The van der Waals surface area contributed by atoms with Crippen molar-refractivity contribution >= 4 is 46.9 Å². The highest BCUT2D eigenvalue weighted by molar-refractivity contribution is 6.35. The second kappa shape index (κ2) is 14.4. The second-order valence-electron chi connectivity index (χ2n) is 14.3. The Morgan fingerprint density at radius 1 is 1.06 bits per heavy atom. The third-order valence-corrected chi connectivity index (χ3v) is 10.9. The largest absolute Gasteiger partial charge is 0.495 e. The van der Waals surface area contributed by atoms with Gasteiger partial charge in [0.1, 0.15) is 40.7 Å². The molecule has 3 amide bonds. The number of aliphatic hydroxyl groups is 2. The maximum absolute atomic E-state index is 14.5. The minimum atomic E-state index is -2.63. The van der Waals surface area contributed by atoms with Gasteiger partial charge in [0, 0.05) is 26.5 Å². The van der Waals surface area contributed by atoms with Gasteiger partial charge in [0.15, 0.2) is 11.5 Å². The van der Waals surface area contributed by atoms with Crippen LogP contribution in [0.25, 0.3) is 0 Å². The second-order valence-corrected chi connectivity index (χ2v) is 14.7. The molecule has 16 heteroatoms. The number of halogens is 1. The molecular weight excluding hydrogens is 702 g/mol. The van der Waals surface area contributed by atoms with Crippen LogP contribution in [0.3, 0.4) is 0 Å². The Morgan fingerprint density at radius 2 is 1.75 bits per heavy atom. The summed E-state index contributed by atoms with van der Waals surface area (Å²) < 4.78 is 28.9. The van der Waals surface area contributed by atoms with Gasteiger partial charge in [0.25, 0.3) is 5.91 Å². The molecule has 3 fully saturated rings. The molecular formula is C36H46ClN3O12. The van der Waals surface area contributed by atoms with Crippen LogP contribution in [-0.2, 0) is 44.5 Å². The van der Waals surface area contributed by atoms with Crippen molar-refractivity contribution in [1.29, 1.82) is 0 Å². The zero-order valence-electron chi connectivity index (χ0n) is 30.4. The summed E-state index contributed by atoms with van der Waals surface area (Å²) in [5.74, 6) is -4.19. The fourth-order valence-corrected chi connectivity index (χ4v) is 7.33. The van der Waals surface area contributed by atoms with E-state index in [4.69, 9.17) is 35.3 Å². The van der Waals surface area contributed by atoms with Gasteiger partial charge in [-0.05, 0) is 51.8 Å². The van der Waals surface area contributed by atoms with Crippen molar-refractivity contribution in [3.63, 3.8) is 0 Å². The van der Waals surface area contributed by atoms with E-state index in [9.17, 15) is 34.2 Å². The Kier molecular flexibility index (Phi) is 10.9. The van der Waals surface area contributed by atoms with Crippen LogP contribution in [-0.4, -0.2) is 120 Å². The van der Waals surface area contributed by atoms with Crippen LogP contribution in [0, 0.1) is 5.92 Å². The van der Waals surface area contributed by atoms with Gasteiger partial charge in [0.2, 0.25) is 11.5 Å². The number of carbonyl (C=O) groups excluding carboxylic acids is 5. The Morgan fingerprint density at radius 3 is 2.40 bits per heavy atom. The van der Waals surface area contributed by atoms with Crippen molar-refractivity contribution in [1.82, 2.24) is 10.2 Å². The molecule has 0 radical (unpaired) electrons. The van der Waals surface area contributed by atoms with Gasteiger partial charge in [-0.2, -0.15) is 0 Å². The topological polar surface area (TPSA) is 194 Å². The fourth-order valence-electron chi connectivity index (χ4n) is 7.04. The van der Waals surface area contributed by atoms with E-state index in [2.05, 4.69) is 5.32 Å². The number of allylic oxidation sites excluding steroid dienone is 3. The van der Waals surface area contributed by atoms with Crippen molar-refractivity contribution in [3.8, 4) is 5.75 Å². The molecule has 0 aromatic heterocycles. The Balaban J connectivity index is 1.70. The van der Waals surface area contributed by atoms with Gasteiger partial charge in [-0.15, -0.1) is 0 Å². The van der Waals surface area contributed by atoms with E-state index in [-0.39, 0.29) is 22.9 Å². The first-order chi connectivity index (χ1) is 24.3. The average molecular weight is 748 g/mol. The smallest absolute Gasteiger partial charge is 0.409 e. The summed E-state index contributed by atoms with van der Waals surface area (Å²) in [6.45, 7) is 6.81. The molecule has 1 aromatic rings. The number of Topliss-reactive ketones (excluding diaryl/α,β-unsaturated/α-hetero) is 1. The summed E-state index contributed by atoms with van der Waals surface area (Å²) in [6, 6.07) is 1.99. The van der Waals surface area contributed by atoms with E-state index < -0.39 is 95.9 Å². The number of anilines is 1. The number of esters is 1. The van der Waals surface area contributed by atoms with Crippen molar-refractivity contribution in [2.24, 2.45) is 5.92 Å². The molecule has 6 bridgehead atoms. The molecule has 9 atom stereocenters. The third kappa shape index (κ3) is 7.29. The highest BCUT2D eigenvalue weighted by Gasteiger charge is 2.65. The molecule has 2 unspecified atom stereocenters. The molecule has 284 valence electrons. The molecule has 4 aliphatic rings. The normalized spacial score (nSPS) is 37.8. The third-order valence-electron chi connectivity index (χ3n) is 10.6. The van der Waals surface area contributed by atoms with Gasteiger partial charge in [-0.25, -0.2) is 9.59 Å². The molecule has 3 N–H and O–H groups in total. The van der Waals surface area contributed by atoms with E-state index in [0.29, 0.717) is 12.0 Å². The van der Waals surface area contributed by atoms with E-state index in [1.165, 1.54) is 28.2 Å². The monoisotopic (exact) mass is 747 g/mol. The minimum Gasteiger partial charge on any atom is -0.495 e. The number of methoxy groups -OCH3 is 2. The minimum absolute atomic E-state index is 0.0182. The number of ketones is 1. The van der Waals surface area contributed by atoms with Crippen LogP contribution >= 0.6 is 11.6 Å². The predicted molar refractivity (Wildman–Crippen MR) is 186 cm³/mol. The molecule has 52 heavy (non-hydrogen) atoms. The SMILES string of the molecule is COc1cc2cc(c1Cl)N1CC(=O)C(C)(O)C(=O)N(C)[C@@H](C)C(=O)O[C@@H](CC1=O)[C@]1(C)O[C@H]1[C@H](C)[C@@H]1C[C@@](O)(NC(=O)O1)C(OC)/C=C\C=C(\C)C2. The number of fused-ring (bicyclic) bond motifs is 10. The van der Waals surface area contributed by atoms with Crippen LogP contribution in [0.4, 0.5) is 10.5 Å². The van der Waals surface area contributed by atoms with Crippen LogP contribution < -0.4 is 15.0 Å². The summed E-state index contributed by atoms with van der Waals surface area (Å²) in [7, 11) is 4.04. The lowest BCUT2D eigenvalue weighted by molar-refractivity contribution is -0.169. The molecule has 4 aliphatic heterocycles. The number of nitrogens with one attached hydrogen (secondary N) is 1. The standard InChI is InChI=1S/C36H46ClN3O12/c1-18-10-9-11-26(49-8)36(47)16-24(50-33(45)38-36)19(2)30-35(5,52-30)27-15-28(42)40(22-13-21(12-18)14-23(48-7)29(22)37)17-25(41)34(4,46)32(44)39(6)20(3)31(43)51-27/h9-11,13-14,19-20,24,26-27,30,46-47H,12,15-17H2,1-8H3,(H,38,45)/b11-9-,18-10-/t19-,20+,24+,26?,27+,30+,34?,35+,36+/m1/s1. The number of nitrogens with zero attached hydrogens (tertiary/aromatic N) is 2. The lowest BCUT2D eigenvalue weighted by atomic mass is 9.83. The van der Waals surface area contributed by atoms with Gasteiger partial charge in [-0.3, -0.25) is 19.7 Å². The van der Waals surface area contributed by atoms with Gasteiger partial charge in [0.05, 0.1) is 31.9 Å². The number of hydrogen-bond donors (Lipinski definition) is 3. The van der Waals surface area contributed by atoms with Crippen molar-refractivity contribution in [3.05, 3.63) is 46.5 Å². The number of benzene rings is 1. The van der Waals surface area contributed by atoms with E-state index in [1.54, 1.807) is 44.2 Å². The van der Waals surface area contributed by atoms with E-state index >= 15 is 0 Å². The van der Waals surface area contributed by atoms with Gasteiger partial charge >= 0.3 is 12.1 Å². The lowest BCUT2D eigenvalue weighted by Crippen LogP contribution is -2.63. The predicted octanol–water partition coefficient (Wildman–Crippen LogP) is 2.22. The first-order valence-corrected chi connectivity index (χ1v) is 17.3. The maximum Gasteiger partial charge on any atom is 0.409 e. The zero-order chi connectivity index (χ0) is 38.5. The number of alkyl carbamates (subject to hydrolysis) is 1. The lowest BCUT2D eigenvalue weighted by Gasteiger charge is -2.42. The van der Waals surface area contributed by atoms with Crippen LogP contribution in [0.2, 0.25) is 5.02 Å². The zero-order valence-corrected chi connectivity index (χ0v) is 31.2. The molecule has 15 nitrogen and oxygen atoms in total. The highest BCUT2D eigenvalue weighted by atomic mass is 35.5. The molecule has 3 saturated heterocycles. The van der Waals surface area contributed by atoms with Crippen LogP contribution in [0.5, 0.6) is 5.75 Å². The number of rotatable bonds is 2. The molecule has 0 saturated carbocycles. The molecule has 0 aliphatic carbocycles. The van der Waals surface area contributed by atoms with Crippen molar-refractivity contribution in [2.45, 2.75) is 101 Å². The Bertz CT molecular complexity index is 1710. The van der Waals surface area contributed by atoms with Crippen LogP contribution in [0.15, 0.2) is 35.9 Å². The fraction of sp³-hybridized carbons (Fsp3) is 0.583. The Hall–Kier alpha value is -4.02. The van der Waals surface area contributed by atoms with Gasteiger partial charge in [-0.1, -0.05) is 42.3 Å². The number of hydrogen-bond acceptors (Lipinski definition) is 12. The molecule has 0 spiro atoms. The highest BCUT2D eigenvalue weighted by Crippen LogP contribution is 2.49. The summed E-state index contributed by atoms with van der Waals surface area (Å²) in [5.41, 5.74) is -4.34. The van der Waals surface area contributed by atoms with E-state index in [1.807, 2.05) is 6.92 Å². The van der Waals surface area contributed by atoms with Gasteiger partial charge < -0.3 is 43.7 Å². The molecule has 4 heterocycles. The van der Waals surface area contributed by atoms with E-state index in [0.717, 1.165) is 22.3 Å². The van der Waals surface area contributed by atoms with Crippen molar-refractivity contribution in [2.75, 3.05) is 32.7 Å². The first-order valence-electron chi connectivity index (χ1n) is 16.9. The number of amides is 3. The van der Waals surface area contributed by atoms with Crippen molar-refractivity contribution < 1.29 is 57.9 Å². The number of ether oxygens (including phenoxy) is 5. The maximum atomic E-state index is 14.5. The molecule has 5 rings (SSSR count). The number of carbonyl (C=O) groups is 5. The number of epoxide rings is 1. The first kappa shape index (κ1) is 39.2. The van der Waals surface area contributed by atoms with Crippen LogP contribution in [0.1, 0.15) is 53.0 Å². The average Bonchev–Trinajstić information content (AvgIpc) is 3.78.